The molecule has 262 valence electrons. The Morgan fingerprint density at radius 3 is 1.57 bits per heavy atom. The van der Waals surface area contributed by atoms with Crippen LogP contribution in [0.2, 0.25) is 0 Å². The van der Waals surface area contributed by atoms with E-state index < -0.39 is 60.1 Å². The Balaban J connectivity index is 1.52. The first-order chi connectivity index (χ1) is 23.7. The van der Waals surface area contributed by atoms with Crippen molar-refractivity contribution in [2.75, 3.05) is 5.73 Å². The molecule has 0 bridgehead atoms. The summed E-state index contributed by atoms with van der Waals surface area (Å²) < 4.78 is 136. The smallest absolute Gasteiger partial charge is 0.295 e. The zero-order valence-electron chi connectivity index (χ0n) is 25.2. The van der Waals surface area contributed by atoms with Gasteiger partial charge in [-0.3, -0.25) is 18.2 Å². The molecule has 6 aromatic rings. The summed E-state index contributed by atoms with van der Waals surface area (Å²) in [4.78, 5) is -2.38. The largest absolute Gasteiger partial charge is 0.398 e. The SMILES string of the molecule is Nc1ccc(N=Nc2ccc(/N=N\c3cc(S(=O)(=O)O)c4cccc(S(=O)(=O)O)c4c3)c3ccc(S(=O)(=O)O)cc23)c2cccc(S(=O)(=O)O)c12. The van der Waals surface area contributed by atoms with Gasteiger partial charge in [0.05, 0.1) is 27.6 Å². The highest BCUT2D eigenvalue weighted by Crippen LogP contribution is 2.40. The van der Waals surface area contributed by atoms with Crippen molar-refractivity contribution in [3.8, 4) is 0 Å². The van der Waals surface area contributed by atoms with Gasteiger partial charge in [0.2, 0.25) is 0 Å². The maximum atomic E-state index is 12.2. The van der Waals surface area contributed by atoms with Crippen LogP contribution in [0.1, 0.15) is 0 Å². The lowest BCUT2D eigenvalue weighted by Gasteiger charge is -2.10. The predicted molar refractivity (Wildman–Crippen MR) is 184 cm³/mol. The second-order valence-electron chi connectivity index (χ2n) is 10.8. The molecule has 0 fully saturated rings. The number of rotatable bonds is 8. The molecule has 51 heavy (non-hydrogen) atoms. The van der Waals surface area contributed by atoms with E-state index in [1.807, 2.05) is 0 Å². The van der Waals surface area contributed by atoms with E-state index in [2.05, 4.69) is 20.5 Å². The minimum atomic E-state index is -4.94. The molecule has 6 rings (SSSR count). The fourth-order valence-electron chi connectivity index (χ4n) is 5.34. The van der Waals surface area contributed by atoms with E-state index in [0.29, 0.717) is 0 Å². The van der Waals surface area contributed by atoms with Gasteiger partial charge in [0.1, 0.15) is 14.7 Å². The molecule has 0 aliphatic carbocycles. The van der Waals surface area contributed by atoms with Crippen LogP contribution in [-0.4, -0.2) is 51.9 Å². The van der Waals surface area contributed by atoms with Crippen molar-refractivity contribution in [1.29, 1.82) is 0 Å². The van der Waals surface area contributed by atoms with Crippen molar-refractivity contribution in [2.24, 2.45) is 20.5 Å². The highest BCUT2D eigenvalue weighted by molar-refractivity contribution is 7.87. The van der Waals surface area contributed by atoms with Gasteiger partial charge in [-0.15, -0.1) is 15.3 Å². The van der Waals surface area contributed by atoms with E-state index in [9.17, 15) is 51.9 Å². The molecule has 0 aliphatic rings. The van der Waals surface area contributed by atoms with E-state index in [4.69, 9.17) is 5.73 Å². The molecule has 0 radical (unpaired) electrons. The van der Waals surface area contributed by atoms with E-state index in [-0.39, 0.29) is 60.8 Å². The number of hydrogen-bond acceptors (Lipinski definition) is 13. The Hall–Kier alpha value is -5.26. The molecule has 0 aliphatic heterocycles. The Morgan fingerprint density at radius 1 is 0.431 bits per heavy atom. The van der Waals surface area contributed by atoms with E-state index >= 15 is 0 Å². The molecule has 0 saturated heterocycles. The van der Waals surface area contributed by atoms with Crippen molar-refractivity contribution < 1.29 is 51.9 Å². The van der Waals surface area contributed by atoms with Gasteiger partial charge in [-0.1, -0.05) is 30.3 Å². The van der Waals surface area contributed by atoms with E-state index in [1.54, 1.807) is 0 Å². The molecular weight excluding hydrogens is 751 g/mol. The van der Waals surface area contributed by atoms with Gasteiger partial charge in [-0.2, -0.15) is 38.8 Å². The molecule has 0 unspecified atom stereocenters. The molecule has 0 atom stereocenters. The van der Waals surface area contributed by atoms with Crippen molar-refractivity contribution in [3.63, 3.8) is 0 Å². The zero-order valence-corrected chi connectivity index (χ0v) is 28.5. The third-order valence-electron chi connectivity index (χ3n) is 7.53. The normalized spacial score (nSPS) is 13.3. The van der Waals surface area contributed by atoms with Gasteiger partial charge in [0, 0.05) is 38.0 Å². The fourth-order valence-corrected chi connectivity index (χ4v) is 8.01. The summed E-state index contributed by atoms with van der Waals surface area (Å²) >= 11 is 0. The molecule has 6 aromatic carbocycles. The molecule has 0 spiro atoms. The molecule has 0 amide bonds. The van der Waals surface area contributed by atoms with Crippen LogP contribution < -0.4 is 5.73 Å². The number of anilines is 1. The van der Waals surface area contributed by atoms with Crippen molar-refractivity contribution in [1.82, 2.24) is 0 Å². The highest BCUT2D eigenvalue weighted by Gasteiger charge is 2.22. The van der Waals surface area contributed by atoms with Crippen molar-refractivity contribution in [3.05, 3.63) is 91.0 Å². The van der Waals surface area contributed by atoms with E-state index in [1.165, 1.54) is 54.6 Å². The van der Waals surface area contributed by atoms with Crippen LogP contribution in [0.15, 0.2) is 131 Å². The number of hydrogen-bond donors (Lipinski definition) is 5. The number of nitrogens with zero attached hydrogens (tertiary/aromatic N) is 4. The molecule has 0 aromatic heterocycles. The Bertz CT molecular complexity index is 2990. The summed E-state index contributed by atoms with van der Waals surface area (Å²) in [6, 6.07) is 18.3. The maximum Gasteiger partial charge on any atom is 0.295 e. The zero-order chi connectivity index (χ0) is 37.1. The van der Waals surface area contributed by atoms with Gasteiger partial charge < -0.3 is 5.73 Å². The minimum Gasteiger partial charge on any atom is -0.398 e. The minimum absolute atomic E-state index is 0.0136. The summed E-state index contributed by atoms with van der Waals surface area (Å²) in [6.07, 6.45) is 0. The number of benzene rings is 6. The highest BCUT2D eigenvalue weighted by atomic mass is 32.2. The second-order valence-corrected chi connectivity index (χ2v) is 16.4. The van der Waals surface area contributed by atoms with Gasteiger partial charge in [-0.25, -0.2) is 0 Å². The standard InChI is InChI=1S/C30H21N5O12S4/c31-23-9-10-25(20-4-2-6-28(30(20)23)50(42,43)44)34-35-26-12-11-24(18-8-7-17(15-21(18)26)48(36,37)38)33-32-16-13-22-19(29(14-16)51(45,46)47)3-1-5-27(22)49(39,40)41/h1-15H,31H2,(H,36,37,38)(H,39,40,41)(H,42,43,44)(H,45,46,47)/b33-32-,35-34?. The van der Waals surface area contributed by atoms with Crippen LogP contribution in [-0.2, 0) is 40.5 Å². The van der Waals surface area contributed by atoms with Crippen LogP contribution in [0.4, 0.5) is 28.4 Å². The molecule has 6 N–H and O–H groups in total. The summed E-state index contributed by atoms with van der Waals surface area (Å²) in [5.41, 5.74) is 5.95. The van der Waals surface area contributed by atoms with Crippen LogP contribution in [0.25, 0.3) is 32.3 Å². The van der Waals surface area contributed by atoms with Crippen LogP contribution >= 0.6 is 0 Å². The van der Waals surface area contributed by atoms with Crippen LogP contribution in [0.5, 0.6) is 0 Å². The number of fused-ring (bicyclic) bond motifs is 3. The molecule has 0 saturated carbocycles. The Morgan fingerprint density at radius 2 is 0.961 bits per heavy atom. The first-order valence-corrected chi connectivity index (χ1v) is 19.7. The predicted octanol–water partition coefficient (Wildman–Crippen LogP) is 6.55. The van der Waals surface area contributed by atoms with Crippen LogP contribution in [0.3, 0.4) is 0 Å². The van der Waals surface area contributed by atoms with Gasteiger partial charge >= 0.3 is 0 Å². The fraction of sp³-hybridized carbons (Fsp3) is 0. The topological polar surface area (TPSA) is 293 Å². The van der Waals surface area contributed by atoms with Crippen LogP contribution in [0, 0.1) is 0 Å². The van der Waals surface area contributed by atoms with E-state index in [0.717, 1.165) is 36.4 Å². The van der Waals surface area contributed by atoms with Gasteiger partial charge in [0.15, 0.2) is 0 Å². The second kappa shape index (κ2) is 12.5. The lowest BCUT2D eigenvalue weighted by atomic mass is 10.1. The lowest BCUT2D eigenvalue weighted by Crippen LogP contribution is -2.03. The first-order valence-electron chi connectivity index (χ1n) is 13.9. The van der Waals surface area contributed by atoms with Gasteiger partial charge in [0.25, 0.3) is 40.5 Å². The average Bonchev–Trinajstić information content (AvgIpc) is 3.04. The van der Waals surface area contributed by atoms with Gasteiger partial charge in [-0.05, 0) is 60.7 Å². The molecule has 0 heterocycles. The molecule has 17 nitrogen and oxygen atoms in total. The monoisotopic (exact) mass is 771 g/mol. The Kier molecular flexibility index (Phi) is 8.72. The number of nitrogen functional groups attached to an aromatic ring is 1. The average molecular weight is 772 g/mol. The summed E-state index contributed by atoms with van der Waals surface area (Å²) in [7, 11) is -19.2. The molecule has 21 heteroatoms. The number of azo groups is 2. The summed E-state index contributed by atoms with van der Waals surface area (Å²) in [5.74, 6) is 0. The first kappa shape index (κ1) is 35.6. The maximum absolute atomic E-state index is 12.2. The molecular formula is C30H21N5O12S4. The number of nitrogens with two attached hydrogens (primary N) is 1. The summed E-state index contributed by atoms with van der Waals surface area (Å²) in [6.45, 7) is 0. The lowest BCUT2D eigenvalue weighted by molar-refractivity contribution is 0.481. The quantitative estimate of drug-likeness (QED) is 0.0624. The van der Waals surface area contributed by atoms with Crippen molar-refractivity contribution >= 4 is 101 Å². The summed E-state index contributed by atoms with van der Waals surface area (Å²) in [5, 5.41) is 16.5. The Labute approximate surface area is 288 Å². The van der Waals surface area contributed by atoms with Crippen molar-refractivity contribution in [2.45, 2.75) is 19.6 Å². The third-order valence-corrected chi connectivity index (χ3v) is 11.1. The third kappa shape index (κ3) is 7.04.